The maximum absolute atomic E-state index is 12.4. The molecule has 0 fully saturated rings. The van der Waals surface area contributed by atoms with Gasteiger partial charge in [0.1, 0.15) is 11.4 Å². The molecule has 0 radical (unpaired) electrons. The van der Waals surface area contributed by atoms with Gasteiger partial charge in [0.15, 0.2) is 5.56 Å². The summed E-state index contributed by atoms with van der Waals surface area (Å²) in [4.78, 5) is 24.5. The Balaban J connectivity index is 1.89. The Morgan fingerprint density at radius 1 is 1.11 bits per heavy atom. The van der Waals surface area contributed by atoms with Gasteiger partial charge in [0.05, 0.1) is 6.61 Å². The zero-order valence-electron chi connectivity index (χ0n) is 14.3. The van der Waals surface area contributed by atoms with Crippen molar-refractivity contribution in [3.63, 3.8) is 0 Å². The van der Waals surface area contributed by atoms with Crippen LogP contribution in [0.3, 0.4) is 0 Å². The number of benzene rings is 2. The maximum atomic E-state index is 12.4. The van der Waals surface area contributed by atoms with E-state index in [1.54, 1.807) is 61.5 Å². The summed E-state index contributed by atoms with van der Waals surface area (Å²) in [6.45, 7) is 1.82. The summed E-state index contributed by atoms with van der Waals surface area (Å²) in [7, 11) is 0. The lowest BCUT2D eigenvalue weighted by Gasteiger charge is -2.06. The van der Waals surface area contributed by atoms with Gasteiger partial charge < -0.3 is 14.0 Å². The molecule has 3 rings (SSSR count). The van der Waals surface area contributed by atoms with Crippen LogP contribution in [0.1, 0.15) is 17.3 Å². The van der Waals surface area contributed by atoms with Gasteiger partial charge in [0, 0.05) is 10.6 Å². The largest absolute Gasteiger partial charge is 0.462 e. The van der Waals surface area contributed by atoms with Crippen LogP contribution in [0.5, 0.6) is 5.75 Å². The smallest absolute Gasteiger partial charge is 0.419 e. The fourth-order valence-corrected chi connectivity index (χ4v) is 2.41. The van der Waals surface area contributed by atoms with Crippen molar-refractivity contribution in [2.45, 2.75) is 6.92 Å². The van der Waals surface area contributed by atoms with Gasteiger partial charge in [-0.3, -0.25) is 5.32 Å². The standard InChI is InChI=1S/C19H15ClN2O5/c1-2-25-18(23)15-16(12-8-10-13(20)11-9-12)22-27-17(15)21-19(24)26-14-6-4-3-5-7-14/h3-11H,2H2,1H3,(H,21,24). The Hall–Kier alpha value is -3.32. The third-order valence-corrected chi connectivity index (χ3v) is 3.71. The molecule has 0 bridgehead atoms. The molecule has 0 aliphatic rings. The summed E-state index contributed by atoms with van der Waals surface area (Å²) in [5.41, 5.74) is 0.792. The summed E-state index contributed by atoms with van der Waals surface area (Å²) in [5, 5.41) is 6.81. The average molecular weight is 387 g/mol. The van der Waals surface area contributed by atoms with E-state index in [4.69, 9.17) is 25.6 Å². The van der Waals surface area contributed by atoms with Crippen molar-refractivity contribution in [1.29, 1.82) is 0 Å². The summed E-state index contributed by atoms with van der Waals surface area (Å²) >= 11 is 5.89. The number of esters is 1. The lowest BCUT2D eigenvalue weighted by Crippen LogP contribution is -2.18. The highest BCUT2D eigenvalue weighted by Crippen LogP contribution is 2.30. The third kappa shape index (κ3) is 4.45. The van der Waals surface area contributed by atoms with Gasteiger partial charge in [0.2, 0.25) is 5.88 Å². The molecule has 1 aromatic heterocycles. The summed E-state index contributed by atoms with van der Waals surface area (Å²) < 4.78 is 15.4. The van der Waals surface area contributed by atoms with E-state index in [1.165, 1.54) is 0 Å². The van der Waals surface area contributed by atoms with Gasteiger partial charge in [-0.05, 0) is 31.2 Å². The number of ether oxygens (including phenoxy) is 2. The van der Waals surface area contributed by atoms with Crippen LogP contribution in [0, 0.1) is 0 Å². The number of rotatable bonds is 5. The van der Waals surface area contributed by atoms with Gasteiger partial charge in [-0.15, -0.1) is 0 Å². The van der Waals surface area contributed by atoms with Crippen molar-refractivity contribution < 1.29 is 23.6 Å². The number of hydrogen-bond acceptors (Lipinski definition) is 6. The molecule has 2 aromatic carbocycles. The SMILES string of the molecule is CCOC(=O)c1c(-c2ccc(Cl)cc2)noc1NC(=O)Oc1ccccc1. The van der Waals surface area contributed by atoms with Crippen molar-refractivity contribution in [1.82, 2.24) is 5.16 Å². The van der Waals surface area contributed by atoms with Crippen molar-refractivity contribution in [3.05, 3.63) is 65.2 Å². The van der Waals surface area contributed by atoms with E-state index >= 15 is 0 Å². The van der Waals surface area contributed by atoms with E-state index in [1.807, 2.05) is 0 Å². The number of nitrogens with zero attached hydrogens (tertiary/aromatic N) is 1. The van der Waals surface area contributed by atoms with Crippen LogP contribution in [0.4, 0.5) is 10.7 Å². The van der Waals surface area contributed by atoms with E-state index in [9.17, 15) is 9.59 Å². The number of carbonyl (C=O) groups is 2. The van der Waals surface area contributed by atoms with Crippen LogP contribution in [-0.2, 0) is 4.74 Å². The molecule has 0 saturated carbocycles. The Bertz CT molecular complexity index is 938. The highest BCUT2D eigenvalue weighted by atomic mass is 35.5. The Labute approximate surface area is 159 Å². The van der Waals surface area contributed by atoms with E-state index < -0.39 is 12.1 Å². The highest BCUT2D eigenvalue weighted by Gasteiger charge is 2.27. The van der Waals surface area contributed by atoms with Gasteiger partial charge in [-0.25, -0.2) is 9.59 Å². The number of hydrogen-bond donors (Lipinski definition) is 1. The zero-order valence-corrected chi connectivity index (χ0v) is 15.0. The van der Waals surface area contributed by atoms with Gasteiger partial charge in [-0.2, -0.15) is 0 Å². The average Bonchev–Trinajstić information content (AvgIpc) is 3.06. The fraction of sp³-hybridized carbons (Fsp3) is 0.105. The highest BCUT2D eigenvalue weighted by molar-refractivity contribution is 6.30. The number of halogens is 1. The molecule has 0 aliphatic heterocycles. The molecule has 138 valence electrons. The molecule has 0 spiro atoms. The number of carbonyl (C=O) groups excluding carboxylic acids is 2. The lowest BCUT2D eigenvalue weighted by atomic mass is 10.1. The van der Waals surface area contributed by atoms with E-state index in [2.05, 4.69) is 10.5 Å². The summed E-state index contributed by atoms with van der Waals surface area (Å²) in [5.74, 6) is -0.511. The molecule has 0 atom stereocenters. The number of para-hydroxylation sites is 1. The minimum absolute atomic E-state index is 0.0100. The van der Waals surface area contributed by atoms with Crippen LogP contribution in [0.25, 0.3) is 11.3 Å². The number of nitrogens with one attached hydrogen (secondary N) is 1. The topological polar surface area (TPSA) is 90.7 Å². The monoisotopic (exact) mass is 386 g/mol. The van der Waals surface area contributed by atoms with Crippen molar-refractivity contribution in [2.75, 3.05) is 11.9 Å². The van der Waals surface area contributed by atoms with Crippen LogP contribution in [0.15, 0.2) is 59.1 Å². The molecule has 0 unspecified atom stereocenters. The zero-order chi connectivity index (χ0) is 19.2. The molecule has 7 nitrogen and oxygen atoms in total. The third-order valence-electron chi connectivity index (χ3n) is 3.46. The molecule has 0 saturated heterocycles. The second-order valence-electron chi connectivity index (χ2n) is 5.29. The summed E-state index contributed by atoms with van der Waals surface area (Å²) in [6.07, 6.45) is -0.828. The summed E-state index contributed by atoms with van der Waals surface area (Å²) in [6, 6.07) is 15.1. The Kier molecular flexibility index (Phi) is 5.73. The van der Waals surface area contributed by atoms with E-state index in [0.717, 1.165) is 0 Å². The predicted molar refractivity (Wildman–Crippen MR) is 99.0 cm³/mol. The molecule has 1 N–H and O–H groups in total. The second kappa shape index (κ2) is 8.37. The maximum Gasteiger partial charge on any atom is 0.419 e. The molecule has 1 amide bonds. The number of aromatic nitrogens is 1. The predicted octanol–water partition coefficient (Wildman–Crippen LogP) is 4.78. The molecule has 8 heteroatoms. The fourth-order valence-electron chi connectivity index (χ4n) is 2.29. The van der Waals surface area contributed by atoms with Crippen molar-refractivity contribution >= 4 is 29.5 Å². The molecule has 0 aliphatic carbocycles. The minimum Gasteiger partial charge on any atom is -0.462 e. The first kappa shape index (κ1) is 18.5. The van der Waals surface area contributed by atoms with E-state index in [0.29, 0.717) is 16.3 Å². The Morgan fingerprint density at radius 3 is 2.48 bits per heavy atom. The Morgan fingerprint density at radius 2 is 1.81 bits per heavy atom. The lowest BCUT2D eigenvalue weighted by molar-refractivity contribution is 0.0528. The molecular formula is C19H15ClN2O5. The number of anilines is 1. The van der Waals surface area contributed by atoms with Gasteiger partial charge in [-0.1, -0.05) is 47.1 Å². The van der Waals surface area contributed by atoms with E-state index in [-0.39, 0.29) is 23.7 Å². The molecule has 1 heterocycles. The quantitative estimate of drug-likeness (QED) is 0.634. The van der Waals surface area contributed by atoms with Crippen molar-refractivity contribution in [2.24, 2.45) is 0 Å². The first-order valence-corrected chi connectivity index (χ1v) is 8.43. The molecule has 3 aromatic rings. The number of amides is 1. The first-order chi connectivity index (χ1) is 13.1. The molecular weight excluding hydrogens is 372 g/mol. The normalized spacial score (nSPS) is 10.3. The van der Waals surface area contributed by atoms with Crippen LogP contribution < -0.4 is 10.1 Å². The molecule has 27 heavy (non-hydrogen) atoms. The van der Waals surface area contributed by atoms with Crippen LogP contribution in [-0.4, -0.2) is 23.8 Å². The first-order valence-electron chi connectivity index (χ1n) is 8.05. The second-order valence-corrected chi connectivity index (χ2v) is 5.73. The van der Waals surface area contributed by atoms with Crippen LogP contribution in [0.2, 0.25) is 5.02 Å². The van der Waals surface area contributed by atoms with Crippen molar-refractivity contribution in [3.8, 4) is 17.0 Å². The van der Waals surface area contributed by atoms with Crippen LogP contribution >= 0.6 is 11.6 Å². The van der Waals surface area contributed by atoms with Gasteiger partial charge in [0.25, 0.3) is 0 Å². The minimum atomic E-state index is -0.828. The van der Waals surface area contributed by atoms with Gasteiger partial charge >= 0.3 is 12.1 Å².